The molecule has 1 aliphatic rings. The third kappa shape index (κ3) is 5.22. The number of pyridine rings is 1. The number of ether oxygens (including phenoxy) is 1. The van der Waals surface area contributed by atoms with Crippen molar-refractivity contribution >= 4 is 11.8 Å². The highest BCUT2D eigenvalue weighted by Crippen LogP contribution is 2.24. The van der Waals surface area contributed by atoms with Gasteiger partial charge in [-0.05, 0) is 60.4 Å². The molecule has 6 heteroatoms. The first-order chi connectivity index (χ1) is 16.1. The largest absolute Gasteiger partial charge is 0.497 e. The SMILES string of the molecule is CCN1CCN(C(=O)c2cccc(OC)c2)CC(Cc2cccc(-c3ccncc3)c2)C1=O. The quantitative estimate of drug-likeness (QED) is 0.579. The van der Waals surface area contributed by atoms with Crippen LogP contribution in [-0.2, 0) is 11.2 Å². The van der Waals surface area contributed by atoms with Crippen LogP contribution < -0.4 is 4.74 Å². The molecule has 0 radical (unpaired) electrons. The molecule has 1 aromatic heterocycles. The molecule has 3 aromatic rings. The van der Waals surface area contributed by atoms with Crippen molar-refractivity contribution in [3.05, 3.63) is 84.2 Å². The number of hydrogen-bond donors (Lipinski definition) is 0. The Morgan fingerprint density at radius 2 is 1.82 bits per heavy atom. The number of nitrogens with zero attached hydrogens (tertiary/aromatic N) is 3. The molecular formula is C27H29N3O3. The summed E-state index contributed by atoms with van der Waals surface area (Å²) in [6, 6.07) is 19.4. The van der Waals surface area contributed by atoms with Gasteiger partial charge in [0.15, 0.2) is 0 Å². The topological polar surface area (TPSA) is 62.7 Å². The maximum atomic E-state index is 13.3. The van der Waals surface area contributed by atoms with Crippen LogP contribution in [0.3, 0.4) is 0 Å². The molecule has 170 valence electrons. The summed E-state index contributed by atoms with van der Waals surface area (Å²) in [6.07, 6.45) is 4.13. The van der Waals surface area contributed by atoms with Gasteiger partial charge in [0.2, 0.25) is 5.91 Å². The summed E-state index contributed by atoms with van der Waals surface area (Å²) in [5, 5.41) is 0. The Labute approximate surface area is 194 Å². The maximum Gasteiger partial charge on any atom is 0.254 e. The zero-order valence-corrected chi connectivity index (χ0v) is 19.1. The number of benzene rings is 2. The number of hydrogen-bond acceptors (Lipinski definition) is 4. The second-order valence-corrected chi connectivity index (χ2v) is 8.24. The van der Waals surface area contributed by atoms with E-state index in [-0.39, 0.29) is 17.7 Å². The fourth-order valence-corrected chi connectivity index (χ4v) is 4.34. The fraction of sp³-hybridized carbons (Fsp3) is 0.296. The zero-order chi connectivity index (χ0) is 23.2. The highest BCUT2D eigenvalue weighted by Gasteiger charge is 2.32. The summed E-state index contributed by atoms with van der Waals surface area (Å²) in [7, 11) is 1.59. The predicted molar refractivity (Wildman–Crippen MR) is 128 cm³/mol. The van der Waals surface area contributed by atoms with Gasteiger partial charge in [-0.15, -0.1) is 0 Å². The van der Waals surface area contributed by atoms with E-state index in [9.17, 15) is 9.59 Å². The van der Waals surface area contributed by atoms with E-state index in [2.05, 4.69) is 17.1 Å². The van der Waals surface area contributed by atoms with Crippen LogP contribution in [0.5, 0.6) is 5.75 Å². The number of rotatable bonds is 6. The predicted octanol–water partition coefficient (Wildman–Crippen LogP) is 3.92. The van der Waals surface area contributed by atoms with E-state index in [1.54, 1.807) is 36.5 Å². The molecule has 1 fully saturated rings. The summed E-state index contributed by atoms with van der Waals surface area (Å²) in [6.45, 7) is 4.07. The van der Waals surface area contributed by atoms with E-state index in [1.807, 2.05) is 48.2 Å². The number of methoxy groups -OCH3 is 1. The first-order valence-electron chi connectivity index (χ1n) is 11.3. The Kier molecular flexibility index (Phi) is 7.03. The normalized spacial score (nSPS) is 16.4. The molecule has 2 aromatic carbocycles. The lowest BCUT2D eigenvalue weighted by molar-refractivity contribution is -0.134. The second-order valence-electron chi connectivity index (χ2n) is 8.24. The molecule has 0 bridgehead atoms. The molecule has 1 atom stereocenters. The van der Waals surface area contributed by atoms with E-state index in [4.69, 9.17) is 4.74 Å². The Morgan fingerprint density at radius 3 is 2.58 bits per heavy atom. The van der Waals surface area contributed by atoms with Crippen molar-refractivity contribution in [3.8, 4) is 16.9 Å². The number of carbonyl (C=O) groups excluding carboxylic acids is 2. The molecule has 0 N–H and O–H groups in total. The van der Waals surface area contributed by atoms with Crippen molar-refractivity contribution in [2.45, 2.75) is 13.3 Å². The lowest BCUT2D eigenvalue weighted by Gasteiger charge is -2.24. The minimum Gasteiger partial charge on any atom is -0.497 e. The van der Waals surface area contributed by atoms with E-state index in [0.29, 0.717) is 43.9 Å². The van der Waals surface area contributed by atoms with Crippen molar-refractivity contribution < 1.29 is 14.3 Å². The van der Waals surface area contributed by atoms with Gasteiger partial charge in [0, 0.05) is 44.1 Å². The van der Waals surface area contributed by atoms with Crippen molar-refractivity contribution in [2.75, 3.05) is 33.3 Å². The van der Waals surface area contributed by atoms with E-state index >= 15 is 0 Å². The molecule has 0 spiro atoms. The van der Waals surface area contributed by atoms with Crippen LogP contribution in [-0.4, -0.2) is 59.9 Å². The minimum atomic E-state index is -0.297. The Bertz CT molecular complexity index is 1120. The summed E-state index contributed by atoms with van der Waals surface area (Å²) in [5.41, 5.74) is 3.83. The molecular weight excluding hydrogens is 414 g/mol. The number of carbonyl (C=O) groups is 2. The molecule has 1 unspecified atom stereocenters. The van der Waals surface area contributed by atoms with Gasteiger partial charge in [0.1, 0.15) is 5.75 Å². The first-order valence-corrected chi connectivity index (χ1v) is 11.3. The third-order valence-electron chi connectivity index (χ3n) is 6.15. The fourth-order valence-electron chi connectivity index (χ4n) is 4.34. The van der Waals surface area contributed by atoms with E-state index in [0.717, 1.165) is 16.7 Å². The van der Waals surface area contributed by atoms with Gasteiger partial charge in [0.05, 0.1) is 13.0 Å². The van der Waals surface area contributed by atoms with Crippen LogP contribution >= 0.6 is 0 Å². The van der Waals surface area contributed by atoms with Crippen molar-refractivity contribution in [3.63, 3.8) is 0 Å². The van der Waals surface area contributed by atoms with Crippen LogP contribution in [0, 0.1) is 5.92 Å². The van der Waals surface area contributed by atoms with Crippen LogP contribution in [0.2, 0.25) is 0 Å². The molecule has 4 rings (SSSR count). The summed E-state index contributed by atoms with van der Waals surface area (Å²) < 4.78 is 5.28. The van der Waals surface area contributed by atoms with Gasteiger partial charge in [-0.25, -0.2) is 0 Å². The number of likely N-dealkylation sites (N-methyl/N-ethyl adjacent to an activating group) is 1. The molecule has 1 aliphatic heterocycles. The molecule has 2 heterocycles. The average Bonchev–Trinajstić information content (AvgIpc) is 3.03. The summed E-state index contributed by atoms with van der Waals surface area (Å²) in [5.74, 6) is 0.379. The van der Waals surface area contributed by atoms with Crippen LogP contribution in [0.4, 0.5) is 0 Å². The molecule has 6 nitrogen and oxygen atoms in total. The van der Waals surface area contributed by atoms with Crippen LogP contribution in [0.15, 0.2) is 73.1 Å². The summed E-state index contributed by atoms with van der Waals surface area (Å²) >= 11 is 0. The summed E-state index contributed by atoms with van der Waals surface area (Å²) in [4.78, 5) is 34.3. The van der Waals surface area contributed by atoms with E-state index < -0.39 is 0 Å². The van der Waals surface area contributed by atoms with Gasteiger partial charge >= 0.3 is 0 Å². The highest BCUT2D eigenvalue weighted by molar-refractivity contribution is 5.95. The molecule has 1 saturated heterocycles. The van der Waals surface area contributed by atoms with E-state index in [1.165, 1.54) is 0 Å². The number of aromatic nitrogens is 1. The molecule has 2 amide bonds. The first kappa shape index (κ1) is 22.5. The molecule has 0 saturated carbocycles. The Hall–Kier alpha value is -3.67. The van der Waals surface area contributed by atoms with Crippen molar-refractivity contribution in [1.29, 1.82) is 0 Å². The van der Waals surface area contributed by atoms with Crippen LogP contribution in [0.25, 0.3) is 11.1 Å². The van der Waals surface area contributed by atoms with Gasteiger partial charge in [-0.2, -0.15) is 0 Å². The number of amides is 2. The smallest absolute Gasteiger partial charge is 0.254 e. The Morgan fingerprint density at radius 1 is 1.03 bits per heavy atom. The van der Waals surface area contributed by atoms with Gasteiger partial charge in [0.25, 0.3) is 5.91 Å². The lowest BCUT2D eigenvalue weighted by atomic mass is 9.95. The second kappa shape index (κ2) is 10.3. The Balaban J connectivity index is 1.58. The zero-order valence-electron chi connectivity index (χ0n) is 19.1. The maximum absolute atomic E-state index is 13.3. The molecule has 0 aliphatic carbocycles. The average molecular weight is 444 g/mol. The van der Waals surface area contributed by atoms with Crippen LogP contribution in [0.1, 0.15) is 22.8 Å². The lowest BCUT2D eigenvalue weighted by Crippen LogP contribution is -2.37. The monoisotopic (exact) mass is 443 g/mol. The highest BCUT2D eigenvalue weighted by atomic mass is 16.5. The minimum absolute atomic E-state index is 0.0739. The standard InChI is InChI=1S/C27H29N3O3/c1-3-29-14-15-30(26(31)23-8-5-9-25(18-23)33-2)19-24(27(29)32)17-20-6-4-7-22(16-20)21-10-12-28-13-11-21/h4-13,16,18,24H,3,14-15,17,19H2,1-2H3. The van der Waals surface area contributed by atoms with Gasteiger partial charge in [-0.3, -0.25) is 14.6 Å². The van der Waals surface area contributed by atoms with Gasteiger partial charge in [-0.1, -0.05) is 30.3 Å². The van der Waals surface area contributed by atoms with Gasteiger partial charge < -0.3 is 14.5 Å². The molecule has 33 heavy (non-hydrogen) atoms. The third-order valence-corrected chi connectivity index (χ3v) is 6.15. The van der Waals surface area contributed by atoms with Crippen molar-refractivity contribution in [1.82, 2.24) is 14.8 Å². The van der Waals surface area contributed by atoms with Crippen molar-refractivity contribution in [2.24, 2.45) is 5.92 Å².